The van der Waals surface area contributed by atoms with Crippen molar-refractivity contribution in [3.05, 3.63) is 29.1 Å². The summed E-state index contributed by atoms with van der Waals surface area (Å²) >= 11 is 0. The average Bonchev–Trinajstić information content (AvgIpc) is 2.36. The molecule has 2 rings (SSSR count). The second-order valence-corrected chi connectivity index (χ2v) is 5.69. The number of piperidine rings is 1. The van der Waals surface area contributed by atoms with Crippen molar-refractivity contribution in [1.82, 2.24) is 4.90 Å². The van der Waals surface area contributed by atoms with Gasteiger partial charge in [0.1, 0.15) is 5.82 Å². The summed E-state index contributed by atoms with van der Waals surface area (Å²) < 4.78 is 14.1. The first-order chi connectivity index (χ1) is 8.90. The summed E-state index contributed by atoms with van der Waals surface area (Å²) in [5.74, 6) is -0.234. The van der Waals surface area contributed by atoms with Crippen molar-refractivity contribution in [2.45, 2.75) is 39.7 Å². The number of amides is 1. The van der Waals surface area contributed by atoms with Crippen LogP contribution in [0.2, 0.25) is 0 Å². The number of hydrogen-bond acceptors (Lipinski definition) is 2. The number of hydrogen-bond donors (Lipinski definition) is 1. The fraction of sp³-hybridized carbons (Fsp3) is 0.533. The molecule has 1 aromatic rings. The molecule has 0 radical (unpaired) electrons. The fourth-order valence-corrected chi connectivity index (χ4v) is 2.68. The predicted molar refractivity (Wildman–Crippen MR) is 74.4 cm³/mol. The van der Waals surface area contributed by atoms with E-state index in [1.54, 1.807) is 17.9 Å². The lowest BCUT2D eigenvalue weighted by molar-refractivity contribution is 0.0569. The zero-order chi connectivity index (χ0) is 14.2. The molecule has 1 aliphatic rings. The molecular formula is C15H21FN2O. The van der Waals surface area contributed by atoms with Crippen LogP contribution in [0.15, 0.2) is 12.1 Å². The molecule has 104 valence electrons. The number of carbonyl (C=O) groups is 1. The highest BCUT2D eigenvalue weighted by molar-refractivity contribution is 5.96. The van der Waals surface area contributed by atoms with E-state index in [4.69, 9.17) is 5.73 Å². The van der Waals surface area contributed by atoms with Gasteiger partial charge in [-0.05, 0) is 50.3 Å². The zero-order valence-electron chi connectivity index (χ0n) is 11.7. The molecule has 0 saturated carbocycles. The molecule has 1 heterocycles. The number of aryl methyl sites for hydroxylation is 1. The summed E-state index contributed by atoms with van der Waals surface area (Å²) in [4.78, 5) is 14.3. The number of likely N-dealkylation sites (tertiary alicyclic amines) is 1. The Labute approximate surface area is 113 Å². The molecule has 1 fully saturated rings. The number of nitrogens with two attached hydrogens (primary N) is 1. The monoisotopic (exact) mass is 264 g/mol. The summed E-state index contributed by atoms with van der Waals surface area (Å²) in [7, 11) is 0. The lowest BCUT2D eigenvalue weighted by Gasteiger charge is -2.37. The maximum absolute atomic E-state index is 14.1. The minimum atomic E-state index is -0.454. The Bertz CT molecular complexity index is 501. The Morgan fingerprint density at radius 2 is 2.05 bits per heavy atom. The Hall–Kier alpha value is -1.58. The molecule has 19 heavy (non-hydrogen) atoms. The van der Waals surface area contributed by atoms with Gasteiger partial charge in [0.25, 0.3) is 5.91 Å². The van der Waals surface area contributed by atoms with E-state index in [0.717, 1.165) is 12.8 Å². The third-order valence-electron chi connectivity index (χ3n) is 3.89. The van der Waals surface area contributed by atoms with Crippen LogP contribution < -0.4 is 5.73 Å². The Kier molecular flexibility index (Phi) is 3.78. The van der Waals surface area contributed by atoms with Gasteiger partial charge in [-0.1, -0.05) is 6.92 Å². The number of rotatable bonds is 1. The average molecular weight is 264 g/mol. The maximum atomic E-state index is 14.1. The van der Waals surface area contributed by atoms with Gasteiger partial charge in [0.15, 0.2) is 0 Å². The number of anilines is 1. The first kappa shape index (κ1) is 13.8. The molecule has 0 bridgehead atoms. The van der Waals surface area contributed by atoms with Gasteiger partial charge in [-0.25, -0.2) is 4.39 Å². The van der Waals surface area contributed by atoms with Crippen molar-refractivity contribution in [2.75, 3.05) is 12.3 Å². The number of nitrogens with zero attached hydrogens (tertiary/aromatic N) is 1. The summed E-state index contributed by atoms with van der Waals surface area (Å²) in [6.45, 7) is 6.45. The molecule has 0 spiro atoms. The number of halogens is 1. The van der Waals surface area contributed by atoms with E-state index in [-0.39, 0.29) is 17.5 Å². The van der Waals surface area contributed by atoms with Crippen molar-refractivity contribution in [2.24, 2.45) is 5.92 Å². The highest BCUT2D eigenvalue weighted by atomic mass is 19.1. The van der Waals surface area contributed by atoms with E-state index in [1.165, 1.54) is 6.07 Å². The molecule has 2 unspecified atom stereocenters. The predicted octanol–water partition coefficient (Wildman–Crippen LogP) is 2.98. The van der Waals surface area contributed by atoms with E-state index in [9.17, 15) is 9.18 Å². The van der Waals surface area contributed by atoms with Crippen molar-refractivity contribution in [3.8, 4) is 0 Å². The molecule has 1 saturated heterocycles. The van der Waals surface area contributed by atoms with Crippen molar-refractivity contribution in [3.63, 3.8) is 0 Å². The van der Waals surface area contributed by atoms with Gasteiger partial charge in [0.2, 0.25) is 0 Å². The summed E-state index contributed by atoms with van der Waals surface area (Å²) in [5.41, 5.74) is 6.66. The molecule has 1 aromatic carbocycles. The summed E-state index contributed by atoms with van der Waals surface area (Å²) in [6.07, 6.45) is 2.08. The van der Waals surface area contributed by atoms with Crippen molar-refractivity contribution < 1.29 is 9.18 Å². The van der Waals surface area contributed by atoms with Crippen molar-refractivity contribution >= 4 is 11.6 Å². The summed E-state index contributed by atoms with van der Waals surface area (Å²) in [5, 5.41) is 0. The Balaban J connectivity index is 2.33. The van der Waals surface area contributed by atoms with Crippen LogP contribution in [0.3, 0.4) is 0 Å². The standard InChI is InChI=1S/C15H21FN2O/c1-9-4-5-11(3)18(8-9)15(19)13-7-12(17)6-10(2)14(13)16/h6-7,9,11H,4-5,8,17H2,1-3H3. The number of nitrogen functional groups attached to an aromatic ring is 1. The molecule has 1 aliphatic heterocycles. The van der Waals surface area contributed by atoms with Crippen LogP contribution in [0.25, 0.3) is 0 Å². The van der Waals surface area contributed by atoms with Crippen LogP contribution in [0.5, 0.6) is 0 Å². The van der Waals surface area contributed by atoms with Gasteiger partial charge in [0, 0.05) is 18.3 Å². The lowest BCUT2D eigenvalue weighted by Crippen LogP contribution is -2.45. The summed E-state index contributed by atoms with van der Waals surface area (Å²) in [6, 6.07) is 3.15. The molecular weight excluding hydrogens is 243 g/mol. The molecule has 0 aliphatic carbocycles. The lowest BCUT2D eigenvalue weighted by atomic mass is 9.94. The van der Waals surface area contributed by atoms with Gasteiger partial charge in [0.05, 0.1) is 5.56 Å². The third kappa shape index (κ3) is 2.72. The van der Waals surface area contributed by atoms with E-state index >= 15 is 0 Å². The first-order valence-electron chi connectivity index (χ1n) is 6.76. The highest BCUT2D eigenvalue weighted by Gasteiger charge is 2.29. The highest BCUT2D eigenvalue weighted by Crippen LogP contribution is 2.25. The minimum Gasteiger partial charge on any atom is -0.399 e. The van der Waals surface area contributed by atoms with E-state index in [1.807, 2.05) is 6.92 Å². The Morgan fingerprint density at radius 3 is 2.74 bits per heavy atom. The zero-order valence-corrected chi connectivity index (χ0v) is 11.7. The second kappa shape index (κ2) is 5.19. The quantitative estimate of drug-likeness (QED) is 0.793. The molecule has 2 N–H and O–H groups in total. The van der Waals surface area contributed by atoms with Gasteiger partial charge < -0.3 is 10.6 Å². The minimum absolute atomic E-state index is 0.0958. The van der Waals surface area contributed by atoms with Crippen molar-refractivity contribution in [1.29, 1.82) is 0 Å². The normalized spacial score (nSPS) is 23.5. The van der Waals surface area contributed by atoms with Crippen LogP contribution >= 0.6 is 0 Å². The fourth-order valence-electron chi connectivity index (χ4n) is 2.68. The topological polar surface area (TPSA) is 46.3 Å². The third-order valence-corrected chi connectivity index (χ3v) is 3.89. The molecule has 0 aromatic heterocycles. The largest absolute Gasteiger partial charge is 0.399 e. The smallest absolute Gasteiger partial charge is 0.257 e. The molecule has 1 amide bonds. The molecule has 2 atom stereocenters. The van der Waals surface area contributed by atoms with Gasteiger partial charge in [-0.15, -0.1) is 0 Å². The van der Waals surface area contributed by atoms with Crippen LogP contribution in [-0.2, 0) is 0 Å². The van der Waals surface area contributed by atoms with Crippen LogP contribution in [0, 0.1) is 18.7 Å². The van der Waals surface area contributed by atoms with E-state index < -0.39 is 5.82 Å². The van der Waals surface area contributed by atoms with Gasteiger partial charge in [-0.3, -0.25) is 4.79 Å². The SMILES string of the molecule is Cc1cc(N)cc(C(=O)N2CC(C)CCC2C)c1F. The van der Waals surface area contributed by atoms with E-state index in [2.05, 4.69) is 6.92 Å². The molecule has 3 nitrogen and oxygen atoms in total. The molecule has 4 heteroatoms. The Morgan fingerprint density at radius 1 is 1.37 bits per heavy atom. The van der Waals surface area contributed by atoms with Crippen LogP contribution in [-0.4, -0.2) is 23.4 Å². The van der Waals surface area contributed by atoms with Crippen LogP contribution in [0.4, 0.5) is 10.1 Å². The van der Waals surface area contributed by atoms with Crippen LogP contribution in [0.1, 0.15) is 42.6 Å². The van der Waals surface area contributed by atoms with Gasteiger partial charge in [-0.2, -0.15) is 0 Å². The van der Waals surface area contributed by atoms with E-state index in [0.29, 0.717) is 23.7 Å². The number of carbonyl (C=O) groups excluding carboxylic acids is 1. The first-order valence-corrected chi connectivity index (χ1v) is 6.76. The van der Waals surface area contributed by atoms with Gasteiger partial charge >= 0.3 is 0 Å². The second-order valence-electron chi connectivity index (χ2n) is 5.69. The maximum Gasteiger partial charge on any atom is 0.257 e. The number of benzene rings is 1.